The lowest BCUT2D eigenvalue weighted by molar-refractivity contribution is -0.144. The fraction of sp³-hybridized carbons (Fsp3) is 0.451. The number of β-amino-alcohol motifs (C(OH)–C–C–N with tert-alkyl or cyclic N) is 1. The summed E-state index contributed by atoms with van der Waals surface area (Å²) in [7, 11) is 0. The highest BCUT2D eigenvalue weighted by molar-refractivity contribution is 7.81. The number of thiazole rings is 1. The number of hydrogen-bond acceptors (Lipinski definition) is 10. The lowest BCUT2D eigenvalue weighted by Crippen LogP contribution is -2.57. The summed E-state index contributed by atoms with van der Waals surface area (Å²) in [6.45, 7) is 10.9. The van der Waals surface area contributed by atoms with Crippen LogP contribution in [0.4, 0.5) is 28.9 Å². The number of benzene rings is 3. The van der Waals surface area contributed by atoms with E-state index in [-0.39, 0.29) is 66.3 Å². The number of nitrogens with one attached hydrogen (secondary N) is 3. The molecule has 4 aromatic rings. The number of nitrogens with zero attached hydrogens (tertiary/aromatic N) is 5. The monoisotopic (exact) mass is 1020 g/mol. The number of aliphatic hydroxyl groups is 1. The van der Waals surface area contributed by atoms with E-state index in [9.17, 15) is 47.5 Å². The van der Waals surface area contributed by atoms with Gasteiger partial charge in [-0.25, -0.2) is 9.37 Å². The smallest absolute Gasteiger partial charge is 0.391 e. The molecule has 14 nitrogen and oxygen atoms in total. The van der Waals surface area contributed by atoms with Crippen molar-refractivity contribution in [2.45, 2.75) is 129 Å². The quantitative estimate of drug-likeness (QED) is 0.0429. The number of aryl methyl sites for hydroxylation is 1. The highest BCUT2D eigenvalue weighted by Gasteiger charge is 2.51. The van der Waals surface area contributed by atoms with Crippen LogP contribution >= 0.6 is 23.6 Å². The summed E-state index contributed by atoms with van der Waals surface area (Å²) in [6.07, 6.45) is -1.22. The van der Waals surface area contributed by atoms with Crippen LogP contribution in [0.15, 0.2) is 66.2 Å². The molecule has 2 fully saturated rings. The Morgan fingerprint density at radius 3 is 2.24 bits per heavy atom. The summed E-state index contributed by atoms with van der Waals surface area (Å²) in [4.78, 5) is 76.1. The number of aliphatic hydroxyl groups excluding tert-OH is 1. The van der Waals surface area contributed by atoms with E-state index in [1.165, 1.54) is 47.9 Å². The lowest BCUT2D eigenvalue weighted by atomic mass is 9.85. The third-order valence-corrected chi connectivity index (χ3v) is 14.0. The zero-order valence-corrected chi connectivity index (χ0v) is 42.0. The number of likely N-dealkylation sites (tertiary alicyclic amines) is 1. The summed E-state index contributed by atoms with van der Waals surface area (Å²) >= 11 is 7.09. The van der Waals surface area contributed by atoms with E-state index in [1.807, 2.05) is 52.0 Å². The lowest BCUT2D eigenvalue weighted by Gasteiger charge is -2.35. The number of nitriles is 1. The van der Waals surface area contributed by atoms with E-state index in [0.29, 0.717) is 18.9 Å². The Balaban J connectivity index is 0.912. The maximum atomic E-state index is 15.5. The number of carbonyl (C=O) groups excluding carboxylic acids is 5. The number of thiocarbonyl (C=S) groups is 1. The highest BCUT2D eigenvalue weighted by atomic mass is 32.1. The van der Waals surface area contributed by atoms with Crippen LogP contribution in [0.1, 0.15) is 119 Å². The van der Waals surface area contributed by atoms with Gasteiger partial charge in [0.25, 0.3) is 11.8 Å². The molecular weight excluding hydrogens is 961 g/mol. The average molecular weight is 1020 g/mol. The minimum atomic E-state index is -4.87. The molecular formula is C51H58F4N8O6S2. The molecule has 0 spiro atoms. The maximum absolute atomic E-state index is 15.5. The Kier molecular flexibility index (Phi) is 17.1. The molecule has 0 radical (unpaired) electrons. The van der Waals surface area contributed by atoms with Crippen molar-refractivity contribution < 1.29 is 46.6 Å². The van der Waals surface area contributed by atoms with Crippen LogP contribution in [0.2, 0.25) is 0 Å². The number of carbonyl (C=O) groups is 5. The Hall–Kier alpha value is -6.30. The maximum Gasteiger partial charge on any atom is 0.417 e. The molecule has 0 aliphatic carbocycles. The standard InChI is InChI=1S/C51H58F4N8O6S2/c1-30-42(71-29-59-30)32-16-14-31(15-17-32)27-58-45(67)40-25-36(64)28-61(40)46(68)43(49(2,3)4)60-41(65)13-11-9-7-8-10-12-22-57-44(66)37-21-20-35(24-39(37)52)63-48(70)62(47(69)50(63,5)6)34-19-18-33(26-56)38(23-34)51(53,54)55/h14-21,23-24,29,36,40,43,64H,7-13,22,25,27-28H2,1-6H3,(H,57,66)(H,58,67)(H,60,65)/t36-,40+,43-/m1/s1. The first-order chi connectivity index (χ1) is 33.4. The van der Waals surface area contributed by atoms with Crippen molar-refractivity contribution in [3.63, 3.8) is 0 Å². The van der Waals surface area contributed by atoms with Gasteiger partial charge in [0.1, 0.15) is 23.4 Å². The molecule has 3 heterocycles. The van der Waals surface area contributed by atoms with Crippen LogP contribution in [0, 0.1) is 29.5 Å². The van der Waals surface area contributed by atoms with Crippen molar-refractivity contribution in [2.24, 2.45) is 5.41 Å². The molecule has 0 bridgehead atoms. The number of hydrogen-bond donors (Lipinski definition) is 4. The fourth-order valence-corrected chi connectivity index (χ4v) is 10.0. The molecule has 378 valence electrons. The number of alkyl halides is 3. The number of amides is 5. The topological polar surface area (TPSA) is 188 Å². The molecule has 5 amide bonds. The molecule has 3 atom stereocenters. The number of aromatic nitrogens is 1. The number of unbranched alkanes of at least 4 members (excludes halogenated alkanes) is 5. The predicted octanol–water partition coefficient (Wildman–Crippen LogP) is 8.33. The van der Waals surface area contributed by atoms with Gasteiger partial charge in [-0.2, -0.15) is 18.4 Å². The van der Waals surface area contributed by atoms with Crippen LogP contribution in [-0.4, -0.2) is 86.5 Å². The number of halogens is 4. The van der Waals surface area contributed by atoms with E-state index < -0.39 is 70.0 Å². The molecule has 20 heteroatoms. The Morgan fingerprint density at radius 1 is 0.958 bits per heavy atom. The van der Waals surface area contributed by atoms with E-state index in [0.717, 1.165) is 64.4 Å². The van der Waals surface area contributed by atoms with Crippen LogP contribution in [0.25, 0.3) is 10.4 Å². The van der Waals surface area contributed by atoms with E-state index in [4.69, 9.17) is 12.2 Å². The fourth-order valence-electron chi connectivity index (χ4n) is 8.72. The second-order valence-corrected chi connectivity index (χ2v) is 20.6. The van der Waals surface area contributed by atoms with E-state index >= 15 is 4.39 Å². The zero-order chi connectivity index (χ0) is 52.0. The SMILES string of the molecule is Cc1ncsc1-c1ccc(CNC(=O)[C@@H]2C[C@@H](O)CN2C(=O)[C@@H](NC(=O)CCCCCCCCNC(=O)c2ccc(N3C(=S)N(c4ccc(C#N)c(C(F)(F)F)c4)C(=O)C3(C)C)cc2F)C(C)(C)C)cc1. The summed E-state index contributed by atoms with van der Waals surface area (Å²) in [5.41, 5.74) is 0.279. The van der Waals surface area contributed by atoms with Gasteiger partial charge in [0.05, 0.1) is 50.6 Å². The van der Waals surface area contributed by atoms with E-state index in [2.05, 4.69) is 20.9 Å². The molecule has 3 aromatic carbocycles. The van der Waals surface area contributed by atoms with Crippen molar-refractivity contribution >= 4 is 69.6 Å². The third-order valence-electron chi connectivity index (χ3n) is 12.6. The van der Waals surface area contributed by atoms with Gasteiger partial charge >= 0.3 is 6.18 Å². The van der Waals surface area contributed by atoms with Crippen LogP contribution in [0.5, 0.6) is 0 Å². The average Bonchev–Trinajstić information content (AvgIpc) is 3.97. The molecule has 4 N–H and O–H groups in total. The highest BCUT2D eigenvalue weighted by Crippen LogP contribution is 2.40. The first-order valence-corrected chi connectivity index (χ1v) is 24.7. The van der Waals surface area contributed by atoms with E-state index in [1.54, 1.807) is 16.8 Å². The molecule has 71 heavy (non-hydrogen) atoms. The minimum Gasteiger partial charge on any atom is -0.391 e. The van der Waals surface area contributed by atoms with Crippen molar-refractivity contribution in [2.75, 3.05) is 22.9 Å². The summed E-state index contributed by atoms with van der Waals surface area (Å²) in [5, 5.41) is 28.1. The normalized spacial score (nSPS) is 17.3. The van der Waals surface area contributed by atoms with Gasteiger partial charge in [-0.1, -0.05) is 70.7 Å². The third kappa shape index (κ3) is 12.6. The van der Waals surface area contributed by atoms with Gasteiger partial charge in [-0.3, -0.25) is 28.9 Å². The van der Waals surface area contributed by atoms with Crippen LogP contribution < -0.4 is 25.8 Å². The van der Waals surface area contributed by atoms with Gasteiger partial charge < -0.3 is 30.9 Å². The first kappa shape index (κ1) is 54.0. The molecule has 2 saturated heterocycles. The Labute approximate surface area is 419 Å². The van der Waals surface area contributed by atoms with Gasteiger partial charge in [0.2, 0.25) is 17.7 Å². The second kappa shape index (κ2) is 22.4. The Bertz CT molecular complexity index is 2700. The van der Waals surface area contributed by atoms with Gasteiger partial charge in [-0.05, 0) is 98.8 Å². The van der Waals surface area contributed by atoms with Gasteiger partial charge in [0.15, 0.2) is 5.11 Å². The van der Waals surface area contributed by atoms with Gasteiger partial charge in [0, 0.05) is 38.2 Å². The number of anilines is 2. The largest absolute Gasteiger partial charge is 0.417 e. The minimum absolute atomic E-state index is 0.0283. The molecule has 2 aliphatic rings. The first-order valence-electron chi connectivity index (χ1n) is 23.4. The van der Waals surface area contributed by atoms with Gasteiger partial charge in [-0.15, -0.1) is 11.3 Å². The molecule has 6 rings (SSSR count). The summed E-state index contributed by atoms with van der Waals surface area (Å²) in [5.74, 6) is -3.36. The molecule has 0 saturated carbocycles. The Morgan fingerprint density at radius 2 is 1.62 bits per heavy atom. The summed E-state index contributed by atoms with van der Waals surface area (Å²) < 4.78 is 56.7. The predicted molar refractivity (Wildman–Crippen MR) is 265 cm³/mol. The molecule has 0 unspecified atom stereocenters. The summed E-state index contributed by atoms with van der Waals surface area (Å²) in [6, 6.07) is 13.9. The van der Waals surface area contributed by atoms with Crippen molar-refractivity contribution in [3.8, 4) is 16.5 Å². The van der Waals surface area contributed by atoms with Crippen LogP contribution in [0.3, 0.4) is 0 Å². The second-order valence-electron chi connectivity index (χ2n) is 19.4. The molecule has 2 aliphatic heterocycles. The van der Waals surface area contributed by atoms with Crippen molar-refractivity contribution in [3.05, 3.63) is 99.9 Å². The van der Waals surface area contributed by atoms with Crippen molar-refractivity contribution in [1.29, 1.82) is 5.26 Å². The number of rotatable bonds is 18. The molecule has 1 aromatic heterocycles. The zero-order valence-electron chi connectivity index (χ0n) is 40.4. The van der Waals surface area contributed by atoms with Crippen LogP contribution in [-0.2, 0) is 31.9 Å². The van der Waals surface area contributed by atoms with Crippen molar-refractivity contribution in [1.82, 2.24) is 25.8 Å².